The second kappa shape index (κ2) is 6.80. The van der Waals surface area contributed by atoms with Crippen LogP contribution in [-0.2, 0) is 21.4 Å². The Morgan fingerprint density at radius 3 is 2.55 bits per heavy atom. The third kappa shape index (κ3) is 3.68. The lowest BCUT2D eigenvalue weighted by Gasteiger charge is -2.08. The van der Waals surface area contributed by atoms with Crippen LogP contribution >= 0.6 is 22.6 Å². The SMILES string of the molecule is CN(C)S(=O)(=O)c1ccc(COC(=O)c2ccccc2I)o1. The van der Waals surface area contributed by atoms with Gasteiger partial charge in [-0.3, -0.25) is 0 Å². The summed E-state index contributed by atoms with van der Waals surface area (Å²) in [5, 5.41) is -0.183. The van der Waals surface area contributed by atoms with Crippen LogP contribution < -0.4 is 0 Å². The Morgan fingerprint density at radius 2 is 1.91 bits per heavy atom. The van der Waals surface area contributed by atoms with E-state index in [0.717, 1.165) is 7.88 Å². The molecule has 0 aliphatic heterocycles. The van der Waals surface area contributed by atoms with Gasteiger partial charge in [0.2, 0.25) is 5.09 Å². The molecule has 0 amide bonds. The summed E-state index contributed by atoms with van der Waals surface area (Å²) >= 11 is 2.04. The number of carbonyl (C=O) groups excluding carboxylic acids is 1. The predicted molar refractivity (Wildman–Crippen MR) is 87.9 cm³/mol. The van der Waals surface area contributed by atoms with Gasteiger partial charge in [-0.25, -0.2) is 17.5 Å². The third-order valence-electron chi connectivity index (χ3n) is 2.81. The highest BCUT2D eigenvalue weighted by molar-refractivity contribution is 14.1. The van der Waals surface area contributed by atoms with Gasteiger partial charge < -0.3 is 9.15 Å². The van der Waals surface area contributed by atoms with Crippen molar-refractivity contribution in [2.24, 2.45) is 0 Å². The van der Waals surface area contributed by atoms with E-state index in [9.17, 15) is 13.2 Å². The fourth-order valence-electron chi connectivity index (χ4n) is 1.60. The number of carbonyl (C=O) groups is 1. The van der Waals surface area contributed by atoms with E-state index in [2.05, 4.69) is 0 Å². The number of sulfonamides is 1. The molecule has 2 rings (SSSR count). The van der Waals surface area contributed by atoms with Gasteiger partial charge in [0.05, 0.1) is 5.56 Å². The normalized spacial score (nSPS) is 11.6. The highest BCUT2D eigenvalue weighted by Crippen LogP contribution is 2.18. The summed E-state index contributed by atoms with van der Waals surface area (Å²) in [5.41, 5.74) is 0.454. The first-order chi connectivity index (χ1) is 10.3. The molecule has 0 spiro atoms. The van der Waals surface area contributed by atoms with Crippen molar-refractivity contribution in [3.05, 3.63) is 51.3 Å². The van der Waals surface area contributed by atoms with Gasteiger partial charge in [-0.2, -0.15) is 0 Å². The predicted octanol–water partition coefficient (Wildman–Crippen LogP) is 2.49. The van der Waals surface area contributed by atoms with Crippen LogP contribution in [0.25, 0.3) is 0 Å². The molecule has 22 heavy (non-hydrogen) atoms. The summed E-state index contributed by atoms with van der Waals surface area (Å²) in [6.07, 6.45) is 0. The van der Waals surface area contributed by atoms with Crippen molar-refractivity contribution in [3.63, 3.8) is 0 Å². The molecule has 1 aromatic heterocycles. The maximum Gasteiger partial charge on any atom is 0.339 e. The standard InChI is InChI=1S/C14H14INO5S/c1-16(2)22(18,19)13-8-7-10(21-13)9-20-14(17)11-5-3-4-6-12(11)15/h3-8H,9H2,1-2H3. The second-order valence-corrected chi connectivity index (χ2v) is 7.81. The molecule has 1 heterocycles. The van der Waals surface area contributed by atoms with E-state index in [0.29, 0.717) is 5.56 Å². The van der Waals surface area contributed by atoms with Crippen LogP contribution in [0.1, 0.15) is 16.1 Å². The summed E-state index contributed by atoms with van der Waals surface area (Å²) in [6.45, 7) is -0.132. The number of hydrogen-bond donors (Lipinski definition) is 0. The fourth-order valence-corrected chi connectivity index (χ4v) is 3.02. The van der Waals surface area contributed by atoms with Crippen molar-refractivity contribution in [2.75, 3.05) is 14.1 Å². The minimum atomic E-state index is -3.63. The van der Waals surface area contributed by atoms with Crippen molar-refractivity contribution in [1.82, 2.24) is 4.31 Å². The van der Waals surface area contributed by atoms with Crippen molar-refractivity contribution in [2.45, 2.75) is 11.7 Å². The number of nitrogens with zero attached hydrogens (tertiary/aromatic N) is 1. The van der Waals surface area contributed by atoms with Gasteiger partial charge >= 0.3 is 5.97 Å². The Hall–Kier alpha value is -1.39. The van der Waals surface area contributed by atoms with Crippen LogP contribution in [0.2, 0.25) is 0 Å². The number of rotatable bonds is 5. The largest absolute Gasteiger partial charge is 0.454 e. The zero-order valence-electron chi connectivity index (χ0n) is 11.9. The molecule has 0 fully saturated rings. The number of halogens is 1. The molecule has 0 N–H and O–H groups in total. The molecule has 0 saturated carbocycles. The van der Waals surface area contributed by atoms with Crippen molar-refractivity contribution in [3.8, 4) is 0 Å². The minimum Gasteiger partial charge on any atom is -0.454 e. The van der Waals surface area contributed by atoms with Gasteiger partial charge in [0.1, 0.15) is 12.4 Å². The molecule has 0 saturated heterocycles. The number of furan rings is 1. The first-order valence-electron chi connectivity index (χ1n) is 6.25. The molecule has 0 atom stereocenters. The van der Waals surface area contributed by atoms with Gasteiger partial charge in [0, 0.05) is 17.7 Å². The fraction of sp³-hybridized carbons (Fsp3) is 0.214. The molecule has 118 valence electrons. The van der Waals surface area contributed by atoms with Gasteiger partial charge in [0.15, 0.2) is 0 Å². The lowest BCUT2D eigenvalue weighted by atomic mass is 10.2. The van der Waals surface area contributed by atoms with Crippen LogP contribution in [0.3, 0.4) is 0 Å². The zero-order valence-corrected chi connectivity index (χ0v) is 14.9. The summed E-state index contributed by atoms with van der Waals surface area (Å²) in [4.78, 5) is 12.0. The van der Waals surface area contributed by atoms with Crippen molar-refractivity contribution < 1.29 is 22.4 Å². The van der Waals surface area contributed by atoms with E-state index in [1.165, 1.54) is 26.2 Å². The lowest BCUT2D eigenvalue weighted by Crippen LogP contribution is -2.21. The van der Waals surface area contributed by atoms with E-state index >= 15 is 0 Å². The smallest absolute Gasteiger partial charge is 0.339 e. The molecule has 0 aliphatic rings. The first-order valence-corrected chi connectivity index (χ1v) is 8.77. The van der Waals surface area contributed by atoms with Crippen molar-refractivity contribution >= 4 is 38.6 Å². The molecular weight excluding hydrogens is 421 g/mol. The van der Waals surface area contributed by atoms with Crippen LogP contribution in [-0.4, -0.2) is 32.8 Å². The summed E-state index contributed by atoms with van der Waals surface area (Å²) < 4.78 is 35.9. The number of benzene rings is 1. The van der Waals surface area contributed by atoms with Crippen LogP contribution in [0.4, 0.5) is 0 Å². The molecule has 0 bridgehead atoms. The van der Waals surface area contributed by atoms with Gasteiger partial charge in [0.25, 0.3) is 10.0 Å². The zero-order chi connectivity index (χ0) is 16.3. The van der Waals surface area contributed by atoms with Gasteiger partial charge in [-0.05, 0) is 46.9 Å². The summed E-state index contributed by atoms with van der Waals surface area (Å²) in [6, 6.07) is 9.83. The molecule has 0 radical (unpaired) electrons. The van der Waals surface area contributed by atoms with Crippen LogP contribution in [0.15, 0.2) is 45.9 Å². The number of esters is 1. The molecular formula is C14H14INO5S. The van der Waals surface area contributed by atoms with E-state index in [1.54, 1.807) is 18.2 Å². The molecule has 8 heteroatoms. The Morgan fingerprint density at radius 1 is 1.23 bits per heavy atom. The van der Waals surface area contributed by atoms with Crippen LogP contribution in [0.5, 0.6) is 0 Å². The average Bonchev–Trinajstić information content (AvgIpc) is 2.94. The first kappa shape index (κ1) is 17.0. The average molecular weight is 435 g/mol. The van der Waals surface area contributed by atoms with Crippen LogP contribution in [0, 0.1) is 3.57 Å². The van der Waals surface area contributed by atoms with E-state index < -0.39 is 16.0 Å². The number of hydrogen-bond acceptors (Lipinski definition) is 5. The van der Waals surface area contributed by atoms with Gasteiger partial charge in [-0.15, -0.1) is 0 Å². The molecule has 0 aliphatic carbocycles. The quantitative estimate of drug-likeness (QED) is 0.533. The topological polar surface area (TPSA) is 76.8 Å². The highest BCUT2D eigenvalue weighted by atomic mass is 127. The second-order valence-electron chi connectivity index (χ2n) is 4.56. The highest BCUT2D eigenvalue weighted by Gasteiger charge is 2.22. The van der Waals surface area contributed by atoms with E-state index in [-0.39, 0.29) is 17.5 Å². The molecule has 6 nitrogen and oxygen atoms in total. The lowest BCUT2D eigenvalue weighted by molar-refractivity contribution is 0.0439. The Balaban J connectivity index is 2.06. The molecule has 0 unspecified atom stereocenters. The Labute approximate surface area is 142 Å². The maximum atomic E-state index is 12.0. The number of ether oxygens (including phenoxy) is 1. The maximum absolute atomic E-state index is 12.0. The summed E-state index contributed by atoms with van der Waals surface area (Å²) in [5.74, 6) is -0.224. The molecule has 2 aromatic rings. The summed E-state index contributed by atoms with van der Waals surface area (Å²) in [7, 11) is -0.805. The third-order valence-corrected chi connectivity index (χ3v) is 5.44. The Kier molecular flexibility index (Phi) is 5.24. The van der Waals surface area contributed by atoms with Gasteiger partial charge in [-0.1, -0.05) is 12.1 Å². The minimum absolute atomic E-state index is 0.132. The van der Waals surface area contributed by atoms with E-state index in [4.69, 9.17) is 9.15 Å². The monoisotopic (exact) mass is 435 g/mol. The van der Waals surface area contributed by atoms with Crippen molar-refractivity contribution in [1.29, 1.82) is 0 Å². The molecule has 1 aromatic carbocycles. The van der Waals surface area contributed by atoms with E-state index in [1.807, 2.05) is 28.7 Å². The Bertz CT molecular complexity index is 782.